The SMILES string of the molecule is CCC(C)(CO)NC(=O)c1c(C)c(C)n[nH]c1=O. The molecule has 6 nitrogen and oxygen atoms in total. The third kappa shape index (κ3) is 2.76. The summed E-state index contributed by atoms with van der Waals surface area (Å²) in [7, 11) is 0. The number of aromatic nitrogens is 2. The van der Waals surface area contributed by atoms with Crippen LogP contribution in [0.3, 0.4) is 0 Å². The molecule has 0 aliphatic carbocycles. The summed E-state index contributed by atoms with van der Waals surface area (Å²) in [5.41, 5.74) is -0.0511. The summed E-state index contributed by atoms with van der Waals surface area (Å²) in [5.74, 6) is -0.488. The molecule has 0 saturated heterocycles. The average molecular weight is 253 g/mol. The van der Waals surface area contributed by atoms with Crippen molar-refractivity contribution in [2.75, 3.05) is 6.61 Å². The summed E-state index contributed by atoms with van der Waals surface area (Å²) in [4.78, 5) is 23.8. The number of aromatic amines is 1. The van der Waals surface area contributed by atoms with Gasteiger partial charge >= 0.3 is 0 Å². The molecule has 0 fully saturated rings. The second-order valence-electron chi connectivity index (χ2n) is 4.66. The first-order chi connectivity index (χ1) is 8.34. The highest BCUT2D eigenvalue weighted by atomic mass is 16.3. The summed E-state index contributed by atoms with van der Waals surface area (Å²) >= 11 is 0. The van der Waals surface area contributed by atoms with Gasteiger partial charge in [-0.2, -0.15) is 5.10 Å². The fourth-order valence-corrected chi connectivity index (χ4v) is 1.48. The maximum Gasteiger partial charge on any atom is 0.277 e. The zero-order valence-electron chi connectivity index (χ0n) is 11.1. The number of H-pyrrole nitrogens is 1. The van der Waals surface area contributed by atoms with Crippen molar-refractivity contribution >= 4 is 5.91 Å². The summed E-state index contributed by atoms with van der Waals surface area (Å²) in [5, 5.41) is 18.0. The highest BCUT2D eigenvalue weighted by molar-refractivity contribution is 5.95. The quantitative estimate of drug-likeness (QED) is 0.718. The first kappa shape index (κ1) is 14.4. The van der Waals surface area contributed by atoms with Gasteiger partial charge in [0.2, 0.25) is 0 Å². The molecule has 0 aliphatic rings. The number of hydrogen-bond acceptors (Lipinski definition) is 4. The van der Waals surface area contributed by atoms with E-state index >= 15 is 0 Å². The topological polar surface area (TPSA) is 95.1 Å². The lowest BCUT2D eigenvalue weighted by atomic mass is 9.99. The number of nitrogens with zero attached hydrogens (tertiary/aromatic N) is 1. The molecule has 3 N–H and O–H groups in total. The Morgan fingerprint density at radius 3 is 2.61 bits per heavy atom. The maximum atomic E-state index is 12.1. The van der Waals surface area contributed by atoms with E-state index in [4.69, 9.17) is 0 Å². The molecule has 0 spiro atoms. The van der Waals surface area contributed by atoms with Gasteiger partial charge in [0.05, 0.1) is 17.8 Å². The lowest BCUT2D eigenvalue weighted by molar-refractivity contribution is 0.0845. The van der Waals surface area contributed by atoms with Gasteiger partial charge in [-0.1, -0.05) is 6.92 Å². The smallest absolute Gasteiger partial charge is 0.277 e. The van der Waals surface area contributed by atoms with E-state index in [0.29, 0.717) is 17.7 Å². The fraction of sp³-hybridized carbons (Fsp3) is 0.583. The summed E-state index contributed by atoms with van der Waals surface area (Å²) in [6.07, 6.45) is 0.566. The van der Waals surface area contributed by atoms with Crippen molar-refractivity contribution in [2.24, 2.45) is 0 Å². The van der Waals surface area contributed by atoms with Crippen molar-refractivity contribution in [3.05, 3.63) is 27.2 Å². The Bertz CT molecular complexity index is 504. The molecule has 1 heterocycles. The number of amides is 1. The number of carbonyl (C=O) groups excluding carboxylic acids is 1. The summed E-state index contributed by atoms with van der Waals surface area (Å²) in [6.45, 7) is 6.78. The number of aliphatic hydroxyl groups is 1. The van der Waals surface area contributed by atoms with E-state index in [0.717, 1.165) is 0 Å². The number of nitrogens with one attached hydrogen (secondary N) is 2. The van der Waals surface area contributed by atoms with Gasteiger partial charge in [0.25, 0.3) is 11.5 Å². The Labute approximate surface area is 105 Å². The van der Waals surface area contributed by atoms with Crippen LogP contribution in [0.15, 0.2) is 4.79 Å². The molecule has 1 amide bonds. The number of hydrogen-bond donors (Lipinski definition) is 3. The van der Waals surface area contributed by atoms with Gasteiger partial charge in [-0.05, 0) is 32.8 Å². The zero-order valence-corrected chi connectivity index (χ0v) is 11.1. The van der Waals surface area contributed by atoms with Crippen molar-refractivity contribution in [1.82, 2.24) is 15.5 Å². The largest absolute Gasteiger partial charge is 0.394 e. The van der Waals surface area contributed by atoms with E-state index in [1.165, 1.54) is 0 Å². The van der Waals surface area contributed by atoms with Crippen molar-refractivity contribution < 1.29 is 9.90 Å². The van der Waals surface area contributed by atoms with Crippen LogP contribution in [0.5, 0.6) is 0 Å². The van der Waals surface area contributed by atoms with Gasteiger partial charge < -0.3 is 10.4 Å². The van der Waals surface area contributed by atoms with Crippen LogP contribution < -0.4 is 10.9 Å². The Balaban J connectivity index is 3.13. The first-order valence-electron chi connectivity index (χ1n) is 5.84. The average Bonchev–Trinajstić information content (AvgIpc) is 2.34. The maximum absolute atomic E-state index is 12.1. The van der Waals surface area contributed by atoms with Crippen molar-refractivity contribution in [3.8, 4) is 0 Å². The van der Waals surface area contributed by atoms with Gasteiger partial charge in [0.15, 0.2) is 0 Å². The van der Waals surface area contributed by atoms with Gasteiger partial charge in [0, 0.05) is 0 Å². The molecule has 6 heteroatoms. The van der Waals surface area contributed by atoms with Crippen LogP contribution in [0.1, 0.15) is 41.9 Å². The standard InChI is InChI=1S/C12H19N3O3/c1-5-12(4,6-16)13-10(17)9-7(2)8(3)14-15-11(9)18/h16H,5-6H2,1-4H3,(H,13,17)(H,15,18). The highest BCUT2D eigenvalue weighted by Crippen LogP contribution is 2.11. The molecule has 0 aromatic carbocycles. The number of aliphatic hydroxyl groups excluding tert-OH is 1. The third-order valence-corrected chi connectivity index (χ3v) is 3.24. The molecule has 1 rings (SSSR count). The van der Waals surface area contributed by atoms with E-state index < -0.39 is 17.0 Å². The minimum atomic E-state index is -0.729. The van der Waals surface area contributed by atoms with Crippen molar-refractivity contribution in [1.29, 1.82) is 0 Å². The van der Waals surface area contributed by atoms with Crippen molar-refractivity contribution in [2.45, 2.75) is 39.7 Å². The Hall–Kier alpha value is -1.69. The van der Waals surface area contributed by atoms with Crippen LogP contribution in [0.25, 0.3) is 0 Å². The summed E-state index contributed by atoms with van der Waals surface area (Å²) < 4.78 is 0. The van der Waals surface area contributed by atoms with E-state index in [9.17, 15) is 14.7 Å². The van der Waals surface area contributed by atoms with Crippen LogP contribution in [0, 0.1) is 13.8 Å². The number of carbonyl (C=O) groups is 1. The fourth-order valence-electron chi connectivity index (χ4n) is 1.48. The molecule has 0 saturated carbocycles. The van der Waals surface area contributed by atoms with Crippen LogP contribution in [-0.4, -0.2) is 33.4 Å². The van der Waals surface area contributed by atoms with Crippen LogP contribution in [-0.2, 0) is 0 Å². The third-order valence-electron chi connectivity index (χ3n) is 3.24. The van der Waals surface area contributed by atoms with Crippen LogP contribution in [0.2, 0.25) is 0 Å². The molecule has 100 valence electrons. The Morgan fingerprint density at radius 2 is 2.11 bits per heavy atom. The molecule has 1 aromatic heterocycles. The minimum Gasteiger partial charge on any atom is -0.394 e. The normalized spacial score (nSPS) is 14.1. The van der Waals surface area contributed by atoms with Gasteiger partial charge in [0.1, 0.15) is 5.56 Å². The minimum absolute atomic E-state index is 0.0515. The molecule has 18 heavy (non-hydrogen) atoms. The van der Waals surface area contributed by atoms with Gasteiger partial charge in [-0.15, -0.1) is 0 Å². The van der Waals surface area contributed by atoms with E-state index in [2.05, 4.69) is 15.5 Å². The Kier molecular flexibility index (Phi) is 4.24. The van der Waals surface area contributed by atoms with Crippen molar-refractivity contribution in [3.63, 3.8) is 0 Å². The lowest BCUT2D eigenvalue weighted by Gasteiger charge is -2.27. The molecular formula is C12H19N3O3. The van der Waals surface area contributed by atoms with E-state index in [-0.39, 0.29) is 12.2 Å². The Morgan fingerprint density at radius 1 is 1.50 bits per heavy atom. The van der Waals surface area contributed by atoms with E-state index in [1.807, 2.05) is 6.92 Å². The van der Waals surface area contributed by atoms with Gasteiger partial charge in [-0.25, -0.2) is 5.10 Å². The predicted octanol–water partition coefficient (Wildman–Crippen LogP) is 0.278. The molecule has 1 atom stereocenters. The van der Waals surface area contributed by atoms with Crippen LogP contribution in [0.4, 0.5) is 0 Å². The molecular weight excluding hydrogens is 234 g/mol. The summed E-state index contributed by atoms with van der Waals surface area (Å²) in [6, 6.07) is 0. The number of aryl methyl sites for hydroxylation is 1. The molecule has 1 aromatic rings. The first-order valence-corrected chi connectivity index (χ1v) is 5.84. The van der Waals surface area contributed by atoms with Gasteiger partial charge in [-0.3, -0.25) is 9.59 Å². The monoisotopic (exact) mass is 253 g/mol. The predicted molar refractivity (Wildman–Crippen MR) is 67.6 cm³/mol. The molecule has 0 aliphatic heterocycles. The van der Waals surface area contributed by atoms with Crippen LogP contribution >= 0.6 is 0 Å². The lowest BCUT2D eigenvalue weighted by Crippen LogP contribution is -2.49. The zero-order chi connectivity index (χ0) is 13.9. The highest BCUT2D eigenvalue weighted by Gasteiger charge is 2.26. The second-order valence-corrected chi connectivity index (χ2v) is 4.66. The second kappa shape index (κ2) is 5.30. The molecule has 1 unspecified atom stereocenters. The molecule has 0 radical (unpaired) electrons. The molecule has 0 bridgehead atoms. The number of rotatable bonds is 4. The van der Waals surface area contributed by atoms with E-state index in [1.54, 1.807) is 20.8 Å².